The van der Waals surface area contributed by atoms with Crippen molar-refractivity contribution in [2.45, 2.75) is 0 Å². The van der Waals surface area contributed by atoms with E-state index in [1.807, 2.05) is 0 Å². The fraction of sp³-hybridized carbons (Fsp3) is 0.154. The largest absolute Gasteiger partial charge is 0.468 e. The van der Waals surface area contributed by atoms with E-state index in [1.165, 1.54) is 29.3 Å². The second-order valence-corrected chi connectivity index (χ2v) is 4.28. The number of nitrogens with zero attached hydrogens (tertiary/aromatic N) is 5. The summed E-state index contributed by atoms with van der Waals surface area (Å²) in [4.78, 5) is 25.3. The maximum atomic E-state index is 12.5. The number of amides is 1. The lowest BCUT2D eigenvalue weighted by atomic mass is 10.1. The minimum absolute atomic E-state index is 0.159. The van der Waals surface area contributed by atoms with Crippen LogP contribution in [0.4, 0.5) is 5.69 Å². The van der Waals surface area contributed by atoms with E-state index in [1.54, 1.807) is 24.3 Å². The fourth-order valence-corrected chi connectivity index (χ4v) is 2.07. The first-order valence-corrected chi connectivity index (χ1v) is 6.12. The van der Waals surface area contributed by atoms with Crippen LogP contribution >= 0.6 is 0 Å². The molecule has 1 aliphatic heterocycles. The molecule has 3 rings (SSSR count). The third-order valence-electron chi connectivity index (χ3n) is 3.03. The topological polar surface area (TPSA) is 89.7 Å². The van der Waals surface area contributed by atoms with Crippen LogP contribution in [-0.4, -0.2) is 46.1 Å². The number of ether oxygens (including phenoxy) is 1. The molecule has 1 aromatic carbocycles. The zero-order valence-electron chi connectivity index (χ0n) is 11.1. The van der Waals surface area contributed by atoms with E-state index in [0.29, 0.717) is 11.3 Å². The Kier molecular flexibility index (Phi) is 3.19. The van der Waals surface area contributed by atoms with E-state index in [-0.39, 0.29) is 18.2 Å². The van der Waals surface area contributed by atoms with Crippen LogP contribution < -0.4 is 4.90 Å². The highest BCUT2D eigenvalue weighted by molar-refractivity contribution is 6.54. The lowest BCUT2D eigenvalue weighted by Crippen LogP contribution is -2.35. The second-order valence-electron chi connectivity index (χ2n) is 4.28. The van der Waals surface area contributed by atoms with E-state index in [9.17, 15) is 9.59 Å². The predicted molar refractivity (Wildman–Crippen MR) is 72.8 cm³/mol. The molecule has 2 heterocycles. The first kappa shape index (κ1) is 13.0. The van der Waals surface area contributed by atoms with Gasteiger partial charge in [0, 0.05) is 5.56 Å². The summed E-state index contributed by atoms with van der Waals surface area (Å²) in [5.41, 5.74) is 1.51. The first-order valence-electron chi connectivity index (χ1n) is 6.12. The van der Waals surface area contributed by atoms with Gasteiger partial charge in [0.05, 0.1) is 12.8 Å². The van der Waals surface area contributed by atoms with Gasteiger partial charge >= 0.3 is 5.97 Å². The molecule has 0 aliphatic carbocycles. The molecule has 21 heavy (non-hydrogen) atoms. The van der Waals surface area contributed by atoms with Crippen molar-refractivity contribution < 1.29 is 14.3 Å². The Hall–Kier alpha value is -3.03. The van der Waals surface area contributed by atoms with Gasteiger partial charge in [-0.3, -0.25) is 14.5 Å². The SMILES string of the molecule is COC(=O)CN1C(=O)C(=Nn2cnnc2)c2ccccc21. The van der Waals surface area contributed by atoms with Crippen molar-refractivity contribution in [1.29, 1.82) is 0 Å². The number of anilines is 1. The van der Waals surface area contributed by atoms with Crippen LogP contribution in [0.25, 0.3) is 0 Å². The maximum Gasteiger partial charge on any atom is 0.325 e. The Balaban J connectivity index is 2.04. The number of aromatic nitrogens is 3. The summed E-state index contributed by atoms with van der Waals surface area (Å²) in [6, 6.07) is 7.12. The summed E-state index contributed by atoms with van der Waals surface area (Å²) in [6.07, 6.45) is 2.76. The number of para-hydroxylation sites is 1. The molecule has 0 saturated carbocycles. The van der Waals surface area contributed by atoms with Gasteiger partial charge < -0.3 is 4.74 Å². The van der Waals surface area contributed by atoms with Gasteiger partial charge in [-0.2, -0.15) is 5.10 Å². The monoisotopic (exact) mass is 285 g/mol. The summed E-state index contributed by atoms with van der Waals surface area (Å²) in [5, 5.41) is 11.5. The minimum atomic E-state index is -0.497. The molecule has 106 valence electrons. The van der Waals surface area contributed by atoms with Crippen molar-refractivity contribution in [3.63, 3.8) is 0 Å². The normalized spacial score (nSPS) is 15.4. The van der Waals surface area contributed by atoms with Gasteiger partial charge in [-0.15, -0.1) is 10.2 Å². The lowest BCUT2D eigenvalue weighted by molar-refractivity contribution is -0.139. The number of rotatable bonds is 3. The van der Waals surface area contributed by atoms with E-state index < -0.39 is 5.97 Å². The van der Waals surface area contributed by atoms with Gasteiger partial charge in [0.15, 0.2) is 5.71 Å². The quantitative estimate of drug-likeness (QED) is 0.743. The predicted octanol–water partition coefficient (Wildman–Crippen LogP) is 0.0501. The van der Waals surface area contributed by atoms with Gasteiger partial charge in [0.1, 0.15) is 19.2 Å². The molecule has 1 aromatic heterocycles. The van der Waals surface area contributed by atoms with Crippen LogP contribution in [0, 0.1) is 0 Å². The highest BCUT2D eigenvalue weighted by Gasteiger charge is 2.35. The van der Waals surface area contributed by atoms with Crippen LogP contribution in [-0.2, 0) is 14.3 Å². The number of fused-ring (bicyclic) bond motifs is 1. The molecule has 0 radical (unpaired) electrons. The van der Waals surface area contributed by atoms with Crippen molar-refractivity contribution in [3.8, 4) is 0 Å². The number of hydrogen-bond donors (Lipinski definition) is 0. The van der Waals surface area contributed by atoms with Crippen molar-refractivity contribution in [3.05, 3.63) is 42.5 Å². The van der Waals surface area contributed by atoms with Gasteiger partial charge in [0.2, 0.25) is 0 Å². The molecule has 0 fully saturated rings. The van der Waals surface area contributed by atoms with Crippen molar-refractivity contribution in [2.24, 2.45) is 5.10 Å². The lowest BCUT2D eigenvalue weighted by Gasteiger charge is -2.14. The van der Waals surface area contributed by atoms with E-state index in [4.69, 9.17) is 0 Å². The number of carbonyl (C=O) groups excluding carboxylic acids is 2. The fourth-order valence-electron chi connectivity index (χ4n) is 2.07. The summed E-state index contributed by atoms with van der Waals surface area (Å²) >= 11 is 0. The van der Waals surface area contributed by atoms with E-state index in [0.717, 1.165) is 0 Å². The number of hydrogen-bond acceptors (Lipinski definition) is 6. The van der Waals surface area contributed by atoms with Gasteiger partial charge in [0.25, 0.3) is 5.91 Å². The van der Waals surface area contributed by atoms with Crippen LogP contribution in [0.3, 0.4) is 0 Å². The molecule has 0 spiro atoms. The molecule has 1 aliphatic rings. The standard InChI is InChI=1S/C13H11N5O3/c1-21-11(19)6-18-10-5-3-2-4-9(10)12(13(18)20)16-17-7-14-15-8-17/h2-5,7-8H,6H2,1H3. The molecule has 1 amide bonds. The third kappa shape index (κ3) is 2.27. The van der Waals surface area contributed by atoms with Crippen LogP contribution in [0.15, 0.2) is 42.0 Å². The molecule has 2 aromatic rings. The minimum Gasteiger partial charge on any atom is -0.468 e. The molecule has 0 saturated heterocycles. The molecule has 0 bridgehead atoms. The maximum absolute atomic E-state index is 12.5. The van der Waals surface area contributed by atoms with Crippen molar-refractivity contribution >= 4 is 23.3 Å². The Morgan fingerprint density at radius 2 is 2.00 bits per heavy atom. The molecule has 8 nitrogen and oxygen atoms in total. The third-order valence-corrected chi connectivity index (χ3v) is 3.03. The second kappa shape index (κ2) is 5.16. The average Bonchev–Trinajstić information content (AvgIpc) is 3.10. The van der Waals surface area contributed by atoms with E-state index in [2.05, 4.69) is 20.0 Å². The van der Waals surface area contributed by atoms with Crippen LogP contribution in [0.5, 0.6) is 0 Å². The summed E-state index contributed by atoms with van der Waals surface area (Å²) in [5.74, 6) is -0.862. The smallest absolute Gasteiger partial charge is 0.325 e. The number of esters is 1. The highest BCUT2D eigenvalue weighted by Crippen LogP contribution is 2.29. The van der Waals surface area contributed by atoms with Gasteiger partial charge in [-0.25, -0.2) is 4.68 Å². The Bertz CT molecular complexity index is 723. The number of methoxy groups -OCH3 is 1. The molecule has 0 N–H and O–H groups in total. The van der Waals surface area contributed by atoms with Gasteiger partial charge in [-0.05, 0) is 6.07 Å². The Morgan fingerprint density at radius 1 is 1.29 bits per heavy atom. The van der Waals surface area contributed by atoms with E-state index >= 15 is 0 Å². The van der Waals surface area contributed by atoms with Gasteiger partial charge in [-0.1, -0.05) is 18.2 Å². The summed E-state index contributed by atoms with van der Waals surface area (Å²) in [6.45, 7) is -0.159. The zero-order valence-corrected chi connectivity index (χ0v) is 11.1. The number of carbonyl (C=O) groups is 2. The Morgan fingerprint density at radius 3 is 2.71 bits per heavy atom. The molecule has 0 unspecified atom stereocenters. The van der Waals surface area contributed by atoms with Crippen molar-refractivity contribution in [2.75, 3.05) is 18.6 Å². The first-order chi connectivity index (χ1) is 10.2. The molecule has 8 heteroatoms. The summed E-state index contributed by atoms with van der Waals surface area (Å²) in [7, 11) is 1.28. The summed E-state index contributed by atoms with van der Waals surface area (Å²) < 4.78 is 5.96. The number of benzene rings is 1. The Labute approximate surface area is 119 Å². The molecular formula is C13H11N5O3. The molecule has 0 atom stereocenters. The average molecular weight is 285 g/mol. The zero-order chi connectivity index (χ0) is 14.8. The molecular weight excluding hydrogens is 274 g/mol. The van der Waals surface area contributed by atoms with Crippen LogP contribution in [0.1, 0.15) is 5.56 Å². The van der Waals surface area contributed by atoms with Crippen LogP contribution in [0.2, 0.25) is 0 Å². The highest BCUT2D eigenvalue weighted by atomic mass is 16.5. The van der Waals surface area contributed by atoms with Crippen molar-refractivity contribution in [1.82, 2.24) is 14.9 Å².